The molecule has 100 valence electrons. The Morgan fingerprint density at radius 2 is 2.39 bits per heavy atom. The molecule has 0 spiro atoms. The SMILES string of the molecule is COc1ccc(F)cc1CN1CCOCC1CO. The van der Waals surface area contributed by atoms with Crippen LogP contribution in [0.25, 0.3) is 0 Å². The standard InChI is InChI=1S/C13H18FNO3/c1-17-13-3-2-11(14)6-10(13)7-15-4-5-18-9-12(15)8-16/h2-3,6,12,16H,4-5,7-9H2,1H3. The quantitative estimate of drug-likeness (QED) is 0.872. The van der Waals surface area contributed by atoms with Gasteiger partial charge in [-0.25, -0.2) is 4.39 Å². The van der Waals surface area contributed by atoms with Crippen molar-refractivity contribution in [2.45, 2.75) is 12.6 Å². The molecule has 0 bridgehead atoms. The summed E-state index contributed by atoms with van der Waals surface area (Å²) in [7, 11) is 1.57. The van der Waals surface area contributed by atoms with Crippen molar-refractivity contribution < 1.29 is 19.0 Å². The van der Waals surface area contributed by atoms with Gasteiger partial charge in [-0.2, -0.15) is 0 Å². The van der Waals surface area contributed by atoms with Gasteiger partial charge in [0, 0.05) is 18.7 Å². The largest absolute Gasteiger partial charge is 0.496 e. The second-order valence-electron chi connectivity index (χ2n) is 4.34. The Kier molecular flexibility index (Phi) is 4.52. The van der Waals surface area contributed by atoms with E-state index in [1.807, 2.05) is 0 Å². The van der Waals surface area contributed by atoms with Crippen molar-refractivity contribution in [3.05, 3.63) is 29.6 Å². The molecule has 1 aromatic rings. The van der Waals surface area contributed by atoms with Crippen LogP contribution in [-0.2, 0) is 11.3 Å². The molecule has 2 rings (SSSR count). The van der Waals surface area contributed by atoms with E-state index in [1.54, 1.807) is 13.2 Å². The van der Waals surface area contributed by atoms with E-state index >= 15 is 0 Å². The van der Waals surface area contributed by atoms with Crippen molar-refractivity contribution in [2.24, 2.45) is 0 Å². The minimum Gasteiger partial charge on any atom is -0.496 e. The molecule has 0 amide bonds. The maximum atomic E-state index is 13.3. The molecule has 18 heavy (non-hydrogen) atoms. The molecule has 1 aliphatic heterocycles. The van der Waals surface area contributed by atoms with Crippen LogP contribution in [0.1, 0.15) is 5.56 Å². The lowest BCUT2D eigenvalue weighted by Crippen LogP contribution is -2.46. The van der Waals surface area contributed by atoms with Gasteiger partial charge in [0.1, 0.15) is 11.6 Å². The maximum absolute atomic E-state index is 13.3. The Morgan fingerprint density at radius 1 is 1.56 bits per heavy atom. The smallest absolute Gasteiger partial charge is 0.123 e. The Morgan fingerprint density at radius 3 is 3.11 bits per heavy atom. The summed E-state index contributed by atoms with van der Waals surface area (Å²) in [5, 5.41) is 9.29. The molecule has 1 heterocycles. The van der Waals surface area contributed by atoms with Crippen LogP contribution in [0.2, 0.25) is 0 Å². The number of hydrogen-bond acceptors (Lipinski definition) is 4. The third-order valence-corrected chi connectivity index (χ3v) is 3.18. The van der Waals surface area contributed by atoms with Crippen molar-refractivity contribution in [1.82, 2.24) is 4.90 Å². The fourth-order valence-corrected chi connectivity index (χ4v) is 2.16. The van der Waals surface area contributed by atoms with E-state index in [2.05, 4.69) is 4.90 Å². The molecule has 1 saturated heterocycles. The molecule has 1 N–H and O–H groups in total. The molecular weight excluding hydrogens is 237 g/mol. The topological polar surface area (TPSA) is 41.9 Å². The fourth-order valence-electron chi connectivity index (χ4n) is 2.16. The first-order chi connectivity index (χ1) is 8.74. The molecule has 1 unspecified atom stereocenters. The van der Waals surface area contributed by atoms with Crippen molar-refractivity contribution >= 4 is 0 Å². The highest BCUT2D eigenvalue weighted by Gasteiger charge is 2.23. The summed E-state index contributed by atoms with van der Waals surface area (Å²) in [5.41, 5.74) is 0.790. The zero-order valence-corrected chi connectivity index (χ0v) is 10.4. The number of nitrogens with zero attached hydrogens (tertiary/aromatic N) is 1. The van der Waals surface area contributed by atoms with Gasteiger partial charge in [0.15, 0.2) is 0 Å². The van der Waals surface area contributed by atoms with Gasteiger partial charge < -0.3 is 14.6 Å². The highest BCUT2D eigenvalue weighted by molar-refractivity contribution is 5.33. The number of benzene rings is 1. The van der Waals surface area contributed by atoms with E-state index in [-0.39, 0.29) is 18.5 Å². The lowest BCUT2D eigenvalue weighted by Gasteiger charge is -2.34. The van der Waals surface area contributed by atoms with Gasteiger partial charge in [-0.15, -0.1) is 0 Å². The van der Waals surface area contributed by atoms with Crippen LogP contribution in [0.3, 0.4) is 0 Å². The number of aliphatic hydroxyl groups excluding tert-OH is 1. The molecule has 5 heteroatoms. The van der Waals surface area contributed by atoms with Gasteiger partial charge in [-0.3, -0.25) is 4.90 Å². The number of ether oxygens (including phenoxy) is 2. The second-order valence-corrected chi connectivity index (χ2v) is 4.34. The first kappa shape index (κ1) is 13.3. The van der Waals surface area contributed by atoms with Crippen LogP contribution >= 0.6 is 0 Å². The van der Waals surface area contributed by atoms with Crippen LogP contribution in [0.5, 0.6) is 5.75 Å². The Hall–Kier alpha value is -1.17. The molecule has 0 aromatic heterocycles. The average Bonchev–Trinajstić information content (AvgIpc) is 2.40. The Bertz CT molecular complexity index is 400. The van der Waals surface area contributed by atoms with E-state index in [9.17, 15) is 9.50 Å². The summed E-state index contributed by atoms with van der Waals surface area (Å²) in [4.78, 5) is 2.08. The third kappa shape index (κ3) is 2.98. The number of hydrogen-bond donors (Lipinski definition) is 1. The van der Waals surface area contributed by atoms with E-state index in [0.717, 1.165) is 12.1 Å². The summed E-state index contributed by atoms with van der Waals surface area (Å²) < 4.78 is 23.8. The van der Waals surface area contributed by atoms with E-state index in [0.29, 0.717) is 25.5 Å². The maximum Gasteiger partial charge on any atom is 0.123 e. The highest BCUT2D eigenvalue weighted by atomic mass is 19.1. The summed E-state index contributed by atoms with van der Waals surface area (Å²) >= 11 is 0. The minimum atomic E-state index is -0.278. The number of halogens is 1. The van der Waals surface area contributed by atoms with Crippen LogP contribution in [0.15, 0.2) is 18.2 Å². The first-order valence-electron chi connectivity index (χ1n) is 5.99. The first-order valence-corrected chi connectivity index (χ1v) is 5.99. The zero-order valence-electron chi connectivity index (χ0n) is 10.4. The Balaban J connectivity index is 2.14. The van der Waals surface area contributed by atoms with Crippen LogP contribution in [0, 0.1) is 5.82 Å². The number of rotatable bonds is 4. The van der Waals surface area contributed by atoms with Crippen LogP contribution in [-0.4, -0.2) is 49.5 Å². The summed E-state index contributed by atoms with van der Waals surface area (Å²) in [5.74, 6) is 0.388. The van der Waals surface area contributed by atoms with Gasteiger partial charge in [-0.1, -0.05) is 0 Å². The second kappa shape index (κ2) is 6.13. The fraction of sp³-hybridized carbons (Fsp3) is 0.538. The highest BCUT2D eigenvalue weighted by Crippen LogP contribution is 2.22. The minimum absolute atomic E-state index is 0.0354. The van der Waals surface area contributed by atoms with Crippen molar-refractivity contribution in [2.75, 3.05) is 33.5 Å². The van der Waals surface area contributed by atoms with Crippen LogP contribution < -0.4 is 4.74 Å². The monoisotopic (exact) mass is 255 g/mol. The van der Waals surface area contributed by atoms with Crippen molar-refractivity contribution in [1.29, 1.82) is 0 Å². The van der Waals surface area contributed by atoms with Gasteiger partial charge in [0.25, 0.3) is 0 Å². The third-order valence-electron chi connectivity index (χ3n) is 3.18. The molecule has 0 radical (unpaired) electrons. The van der Waals surface area contributed by atoms with E-state index in [4.69, 9.17) is 9.47 Å². The van der Waals surface area contributed by atoms with E-state index < -0.39 is 0 Å². The normalized spacial score (nSPS) is 20.9. The summed E-state index contributed by atoms with van der Waals surface area (Å²) in [6.07, 6.45) is 0. The molecule has 1 fully saturated rings. The lowest BCUT2D eigenvalue weighted by atomic mass is 10.1. The average molecular weight is 255 g/mol. The van der Waals surface area contributed by atoms with E-state index in [1.165, 1.54) is 12.1 Å². The molecule has 1 atom stereocenters. The number of morpholine rings is 1. The molecule has 4 nitrogen and oxygen atoms in total. The van der Waals surface area contributed by atoms with Gasteiger partial charge in [-0.05, 0) is 18.2 Å². The van der Waals surface area contributed by atoms with Crippen LogP contribution in [0.4, 0.5) is 4.39 Å². The zero-order chi connectivity index (χ0) is 13.0. The predicted molar refractivity (Wildman–Crippen MR) is 65.1 cm³/mol. The lowest BCUT2D eigenvalue weighted by molar-refractivity contribution is -0.0315. The van der Waals surface area contributed by atoms with Crippen molar-refractivity contribution in [3.63, 3.8) is 0 Å². The van der Waals surface area contributed by atoms with Crippen molar-refractivity contribution in [3.8, 4) is 5.75 Å². The molecule has 0 saturated carbocycles. The molecule has 0 aliphatic carbocycles. The molecule has 1 aromatic carbocycles. The molecule has 1 aliphatic rings. The Labute approximate surface area is 106 Å². The van der Waals surface area contributed by atoms with Gasteiger partial charge in [0.2, 0.25) is 0 Å². The number of aliphatic hydroxyl groups is 1. The van der Waals surface area contributed by atoms with Gasteiger partial charge >= 0.3 is 0 Å². The molecular formula is C13H18FNO3. The summed E-state index contributed by atoms with van der Waals surface area (Å²) in [6.45, 7) is 2.46. The predicted octanol–water partition coefficient (Wildman–Crippen LogP) is 1.03. The summed E-state index contributed by atoms with van der Waals surface area (Å²) in [6, 6.07) is 4.44. The number of methoxy groups -OCH3 is 1. The van der Waals surface area contributed by atoms with Gasteiger partial charge in [0.05, 0.1) is 33.0 Å².